The highest BCUT2D eigenvalue weighted by Gasteiger charge is 2.22. The van der Waals surface area contributed by atoms with Crippen LogP contribution in [0.15, 0.2) is 34.4 Å². The maximum Gasteiger partial charge on any atom is 0.265 e. The molecular weight excluding hydrogens is 356 g/mol. The van der Waals surface area contributed by atoms with E-state index in [1.165, 1.54) is 18.4 Å². The molecule has 0 spiro atoms. The predicted molar refractivity (Wildman–Crippen MR) is 99.5 cm³/mol. The number of aromatic nitrogens is 1. The number of aromatic hydroxyl groups is 1. The van der Waals surface area contributed by atoms with Gasteiger partial charge in [0.15, 0.2) is 17.2 Å². The van der Waals surface area contributed by atoms with Gasteiger partial charge >= 0.3 is 0 Å². The molecule has 0 unspecified atom stereocenters. The summed E-state index contributed by atoms with van der Waals surface area (Å²) in [5.41, 5.74) is 0.337. The molecule has 3 aromatic rings. The molecular formula is C18H18N2O5S. The molecule has 0 fully saturated rings. The molecule has 8 heteroatoms. The number of hydrogen-bond acceptors (Lipinski definition) is 6. The van der Waals surface area contributed by atoms with Crippen molar-refractivity contribution in [2.75, 3.05) is 14.2 Å². The second-order valence-electron chi connectivity index (χ2n) is 5.65. The minimum absolute atomic E-state index is 0.299. The summed E-state index contributed by atoms with van der Waals surface area (Å²) in [5, 5.41) is 14.8. The second-order valence-corrected chi connectivity index (χ2v) is 6.57. The van der Waals surface area contributed by atoms with Gasteiger partial charge in [-0.3, -0.25) is 9.59 Å². The molecule has 1 amide bonds. The number of benzene rings is 1. The van der Waals surface area contributed by atoms with Crippen molar-refractivity contribution in [3.05, 3.63) is 51.1 Å². The molecule has 26 heavy (non-hydrogen) atoms. The lowest BCUT2D eigenvalue weighted by molar-refractivity contribution is 0.0936. The van der Waals surface area contributed by atoms with Gasteiger partial charge in [0.1, 0.15) is 5.56 Å². The van der Waals surface area contributed by atoms with Crippen LogP contribution in [0.1, 0.15) is 28.9 Å². The van der Waals surface area contributed by atoms with E-state index in [9.17, 15) is 14.7 Å². The van der Waals surface area contributed by atoms with Crippen LogP contribution in [0.2, 0.25) is 0 Å². The Morgan fingerprint density at radius 3 is 2.65 bits per heavy atom. The lowest BCUT2D eigenvalue weighted by Gasteiger charge is -2.16. The fourth-order valence-electron chi connectivity index (χ4n) is 2.68. The van der Waals surface area contributed by atoms with E-state index >= 15 is 0 Å². The van der Waals surface area contributed by atoms with Crippen LogP contribution in [-0.2, 0) is 0 Å². The molecule has 7 nitrogen and oxygen atoms in total. The highest BCUT2D eigenvalue weighted by molar-refractivity contribution is 7.17. The molecule has 1 atom stereocenters. The van der Waals surface area contributed by atoms with Gasteiger partial charge in [0.2, 0.25) is 0 Å². The largest absolute Gasteiger partial charge is 0.505 e. The van der Waals surface area contributed by atoms with Gasteiger partial charge in [-0.05, 0) is 36.1 Å². The summed E-state index contributed by atoms with van der Waals surface area (Å²) in [5.74, 6) is 0.149. The highest BCUT2D eigenvalue weighted by Crippen LogP contribution is 2.31. The summed E-state index contributed by atoms with van der Waals surface area (Å²) in [6.45, 7) is 1.77. The zero-order valence-corrected chi connectivity index (χ0v) is 15.3. The first-order valence-electron chi connectivity index (χ1n) is 7.81. The van der Waals surface area contributed by atoms with Crippen LogP contribution in [0, 0.1) is 0 Å². The Labute approximate surface area is 153 Å². The van der Waals surface area contributed by atoms with Crippen molar-refractivity contribution in [2.24, 2.45) is 0 Å². The van der Waals surface area contributed by atoms with Gasteiger partial charge < -0.3 is 24.9 Å². The lowest BCUT2D eigenvalue weighted by atomic mass is 10.1. The number of nitrogens with one attached hydrogen (secondary N) is 2. The zero-order valence-electron chi connectivity index (χ0n) is 14.5. The Morgan fingerprint density at radius 1 is 1.23 bits per heavy atom. The van der Waals surface area contributed by atoms with Gasteiger partial charge in [-0.15, -0.1) is 11.3 Å². The number of fused-ring (bicyclic) bond motifs is 1. The third kappa shape index (κ3) is 3.11. The highest BCUT2D eigenvalue weighted by atomic mass is 32.1. The second kappa shape index (κ2) is 7.09. The van der Waals surface area contributed by atoms with Gasteiger partial charge in [0.05, 0.1) is 30.5 Å². The summed E-state index contributed by atoms with van der Waals surface area (Å²) in [4.78, 5) is 27.4. The summed E-state index contributed by atoms with van der Waals surface area (Å²) < 4.78 is 10.9. The van der Waals surface area contributed by atoms with E-state index in [-0.39, 0.29) is 11.3 Å². The normalized spacial score (nSPS) is 12.0. The van der Waals surface area contributed by atoms with E-state index in [0.717, 1.165) is 5.56 Å². The first kappa shape index (κ1) is 17.8. The number of aromatic amines is 1. The monoisotopic (exact) mass is 374 g/mol. The summed E-state index contributed by atoms with van der Waals surface area (Å²) in [7, 11) is 3.07. The number of carbonyl (C=O) groups excluding carboxylic acids is 1. The fourth-order valence-corrected chi connectivity index (χ4v) is 3.48. The smallest absolute Gasteiger partial charge is 0.265 e. The molecule has 2 aromatic heterocycles. The van der Waals surface area contributed by atoms with Crippen LogP contribution in [0.4, 0.5) is 0 Å². The first-order chi connectivity index (χ1) is 12.5. The van der Waals surface area contributed by atoms with Crippen molar-refractivity contribution >= 4 is 27.5 Å². The summed E-state index contributed by atoms with van der Waals surface area (Å²) in [6.07, 6.45) is 0. The van der Waals surface area contributed by atoms with Crippen molar-refractivity contribution in [3.63, 3.8) is 0 Å². The van der Waals surface area contributed by atoms with Gasteiger partial charge in [-0.25, -0.2) is 0 Å². The molecule has 0 aliphatic carbocycles. The average Bonchev–Trinajstić information content (AvgIpc) is 3.09. The molecule has 2 heterocycles. The van der Waals surface area contributed by atoms with Gasteiger partial charge in [-0.1, -0.05) is 6.07 Å². The minimum atomic E-state index is -0.652. The summed E-state index contributed by atoms with van der Waals surface area (Å²) >= 11 is 1.25. The molecule has 3 N–H and O–H groups in total. The van der Waals surface area contributed by atoms with E-state index in [4.69, 9.17) is 9.47 Å². The number of ether oxygens (including phenoxy) is 2. The number of H-pyrrole nitrogens is 1. The summed E-state index contributed by atoms with van der Waals surface area (Å²) in [6, 6.07) is 6.53. The fraction of sp³-hybridized carbons (Fsp3) is 0.222. The molecule has 136 valence electrons. The number of pyridine rings is 1. The third-order valence-corrected chi connectivity index (χ3v) is 5.00. The van der Waals surface area contributed by atoms with Crippen molar-refractivity contribution in [1.82, 2.24) is 10.3 Å². The number of rotatable bonds is 5. The minimum Gasteiger partial charge on any atom is -0.505 e. The van der Waals surface area contributed by atoms with E-state index in [1.807, 2.05) is 0 Å². The van der Waals surface area contributed by atoms with Crippen molar-refractivity contribution < 1.29 is 19.4 Å². The third-order valence-electron chi connectivity index (χ3n) is 4.07. The maximum absolute atomic E-state index is 12.6. The van der Waals surface area contributed by atoms with Gasteiger partial charge in [0.25, 0.3) is 11.5 Å². The van der Waals surface area contributed by atoms with Crippen LogP contribution < -0.4 is 20.3 Å². The van der Waals surface area contributed by atoms with Crippen molar-refractivity contribution in [1.29, 1.82) is 0 Å². The van der Waals surface area contributed by atoms with Crippen LogP contribution in [-0.4, -0.2) is 30.2 Å². The van der Waals surface area contributed by atoms with Crippen molar-refractivity contribution in [3.8, 4) is 17.2 Å². The van der Waals surface area contributed by atoms with Gasteiger partial charge in [0, 0.05) is 0 Å². The number of carbonyl (C=O) groups is 1. The number of hydrogen-bond donors (Lipinski definition) is 3. The Kier molecular flexibility index (Phi) is 4.85. The molecule has 0 saturated carbocycles. The first-order valence-corrected chi connectivity index (χ1v) is 8.69. The topological polar surface area (TPSA) is 101 Å². The van der Waals surface area contributed by atoms with Crippen LogP contribution in [0.25, 0.3) is 10.2 Å². The van der Waals surface area contributed by atoms with Crippen LogP contribution in [0.5, 0.6) is 17.2 Å². The molecule has 0 radical (unpaired) electrons. The Morgan fingerprint density at radius 2 is 1.96 bits per heavy atom. The number of amides is 1. The zero-order chi connectivity index (χ0) is 18.8. The van der Waals surface area contributed by atoms with E-state index in [1.54, 1.807) is 43.7 Å². The van der Waals surface area contributed by atoms with Crippen LogP contribution >= 0.6 is 11.3 Å². The molecule has 1 aromatic carbocycles. The molecule has 0 aliphatic rings. The van der Waals surface area contributed by atoms with E-state index < -0.39 is 17.5 Å². The number of methoxy groups -OCH3 is 2. The SMILES string of the molecule is COc1ccc([C@@H](C)NC(=O)c2c(O)c3sccc3[nH]c2=O)cc1OC. The molecule has 0 saturated heterocycles. The van der Waals surface area contributed by atoms with Crippen molar-refractivity contribution in [2.45, 2.75) is 13.0 Å². The molecule has 0 aliphatic heterocycles. The van der Waals surface area contributed by atoms with Gasteiger partial charge in [-0.2, -0.15) is 0 Å². The maximum atomic E-state index is 12.6. The average molecular weight is 374 g/mol. The molecule has 0 bridgehead atoms. The predicted octanol–water partition coefficient (Wildman–Crippen LogP) is 2.80. The Bertz CT molecular complexity index is 1020. The molecule has 3 rings (SSSR count). The number of thiophene rings is 1. The quantitative estimate of drug-likeness (QED) is 0.638. The standard InChI is InChI=1S/C18H18N2O5S/c1-9(10-4-5-12(24-2)13(8-10)25-3)19-17(22)14-15(21)16-11(6-7-26-16)20-18(14)23/h4-9H,1-3H3,(H,19,22)(H2,20,21,23)/t9-/m1/s1. The van der Waals surface area contributed by atoms with Crippen LogP contribution in [0.3, 0.4) is 0 Å². The Balaban J connectivity index is 1.89. The lowest BCUT2D eigenvalue weighted by Crippen LogP contribution is -2.31. The Hall–Kier alpha value is -3.00. The van der Waals surface area contributed by atoms with E-state index in [2.05, 4.69) is 10.3 Å². The van der Waals surface area contributed by atoms with E-state index in [0.29, 0.717) is 21.7 Å².